The number of hydrogen-bond donors (Lipinski definition) is 0. The molecular weight excluding hydrogens is 348 g/mol. The van der Waals surface area contributed by atoms with Crippen LogP contribution in [0.15, 0.2) is 40.5 Å². The van der Waals surface area contributed by atoms with Gasteiger partial charge in [0, 0.05) is 35.7 Å². The Morgan fingerprint density at radius 1 is 0.929 bits per heavy atom. The molecule has 0 N–H and O–H groups in total. The normalized spacial score (nSPS) is 28.2. The number of aliphatic imine (C=N–C) groups is 1. The van der Waals surface area contributed by atoms with E-state index in [2.05, 4.69) is 33.8 Å². The highest BCUT2D eigenvalue weighted by Gasteiger charge is 2.49. The van der Waals surface area contributed by atoms with Gasteiger partial charge in [-0.15, -0.1) is 0 Å². The Kier molecular flexibility index (Phi) is 4.19. The maximum Gasteiger partial charge on any atom is 0.161 e. The van der Waals surface area contributed by atoms with Crippen molar-refractivity contribution in [3.8, 4) is 6.07 Å². The van der Waals surface area contributed by atoms with Crippen LogP contribution in [0.4, 0.5) is 0 Å². The molecule has 2 unspecified atom stereocenters. The van der Waals surface area contributed by atoms with E-state index in [1.165, 1.54) is 0 Å². The van der Waals surface area contributed by atoms with Gasteiger partial charge in [-0.2, -0.15) is 5.26 Å². The molecule has 0 amide bonds. The van der Waals surface area contributed by atoms with Gasteiger partial charge in [0.2, 0.25) is 0 Å². The number of hydrogen-bond acceptors (Lipinski definition) is 4. The quantitative estimate of drug-likeness (QED) is 0.712. The summed E-state index contributed by atoms with van der Waals surface area (Å²) < 4.78 is 0. The largest absolute Gasteiger partial charge is 0.299 e. The average Bonchev–Trinajstić information content (AvgIpc) is 2.57. The third-order valence-electron chi connectivity index (χ3n) is 6.24. The number of allylic oxidation sites excluding steroid dienone is 2. The van der Waals surface area contributed by atoms with Crippen LogP contribution in [0.1, 0.15) is 70.4 Å². The van der Waals surface area contributed by atoms with E-state index in [0.717, 1.165) is 35.4 Å². The van der Waals surface area contributed by atoms with Crippen molar-refractivity contribution < 1.29 is 9.59 Å². The van der Waals surface area contributed by atoms with E-state index in [1.807, 2.05) is 12.1 Å². The Hall–Kier alpha value is -2.54. The number of nitrogens with zero attached hydrogens (tertiary/aromatic N) is 2. The summed E-state index contributed by atoms with van der Waals surface area (Å²) in [7, 11) is 0. The van der Waals surface area contributed by atoms with E-state index < -0.39 is 0 Å². The molecule has 144 valence electrons. The number of carbonyl (C=O) groups excluding carboxylic acids is 2. The van der Waals surface area contributed by atoms with Crippen molar-refractivity contribution >= 4 is 17.3 Å². The second-order valence-corrected chi connectivity index (χ2v) is 10.1. The lowest BCUT2D eigenvalue weighted by Gasteiger charge is -2.44. The van der Waals surface area contributed by atoms with Crippen LogP contribution in [0.3, 0.4) is 0 Å². The van der Waals surface area contributed by atoms with Gasteiger partial charge in [-0.1, -0.05) is 39.8 Å². The van der Waals surface area contributed by atoms with Crippen molar-refractivity contribution in [3.63, 3.8) is 0 Å². The van der Waals surface area contributed by atoms with Gasteiger partial charge in [0.1, 0.15) is 5.78 Å². The molecule has 3 aliphatic rings. The maximum absolute atomic E-state index is 13.2. The first-order valence-corrected chi connectivity index (χ1v) is 9.97. The topological polar surface area (TPSA) is 70.3 Å². The molecule has 2 atom stereocenters. The third-order valence-corrected chi connectivity index (χ3v) is 6.24. The van der Waals surface area contributed by atoms with Gasteiger partial charge in [-0.25, -0.2) is 0 Å². The van der Waals surface area contributed by atoms with E-state index in [9.17, 15) is 9.59 Å². The minimum atomic E-state index is -0.357. The zero-order valence-electron chi connectivity index (χ0n) is 17.0. The molecule has 2 aliphatic carbocycles. The molecule has 0 spiro atoms. The molecule has 4 nitrogen and oxygen atoms in total. The molecule has 0 bridgehead atoms. The van der Waals surface area contributed by atoms with Gasteiger partial charge in [-0.05, 0) is 41.4 Å². The highest BCUT2D eigenvalue weighted by molar-refractivity contribution is 6.13. The van der Waals surface area contributed by atoms with Gasteiger partial charge in [0.05, 0.1) is 17.6 Å². The van der Waals surface area contributed by atoms with E-state index >= 15 is 0 Å². The summed E-state index contributed by atoms with van der Waals surface area (Å²) in [6.45, 7) is 8.43. The molecule has 1 aliphatic heterocycles. The van der Waals surface area contributed by atoms with Crippen LogP contribution in [0, 0.1) is 28.1 Å². The van der Waals surface area contributed by atoms with Crippen LogP contribution in [-0.2, 0) is 9.59 Å². The van der Waals surface area contributed by atoms with Crippen molar-refractivity contribution in [2.75, 3.05) is 0 Å². The summed E-state index contributed by atoms with van der Waals surface area (Å²) in [5.74, 6) is -0.345. The first-order chi connectivity index (χ1) is 13.1. The van der Waals surface area contributed by atoms with E-state index in [0.29, 0.717) is 18.4 Å². The molecule has 0 radical (unpaired) electrons. The van der Waals surface area contributed by atoms with Gasteiger partial charge in [0.25, 0.3) is 0 Å². The lowest BCUT2D eigenvalue weighted by atomic mass is 9.60. The van der Waals surface area contributed by atoms with Crippen molar-refractivity contribution in [1.82, 2.24) is 0 Å². The number of Topliss-reactive ketones (excluding diaryl/α,β-unsaturated/α-hetero) is 2. The van der Waals surface area contributed by atoms with E-state index in [-0.39, 0.29) is 34.2 Å². The Morgan fingerprint density at radius 3 is 2.21 bits per heavy atom. The molecule has 4 rings (SSSR count). The van der Waals surface area contributed by atoms with Crippen LogP contribution in [0.2, 0.25) is 0 Å². The minimum Gasteiger partial charge on any atom is -0.299 e. The smallest absolute Gasteiger partial charge is 0.161 e. The number of carbonyl (C=O) groups is 2. The van der Waals surface area contributed by atoms with Gasteiger partial charge in [0.15, 0.2) is 5.78 Å². The monoisotopic (exact) mass is 374 g/mol. The van der Waals surface area contributed by atoms with Crippen LogP contribution >= 0.6 is 0 Å². The van der Waals surface area contributed by atoms with Gasteiger partial charge in [-0.3, -0.25) is 14.6 Å². The van der Waals surface area contributed by atoms with Crippen molar-refractivity contribution in [1.29, 1.82) is 5.26 Å². The summed E-state index contributed by atoms with van der Waals surface area (Å²) in [6.07, 6.45) is 2.52. The van der Waals surface area contributed by atoms with Crippen molar-refractivity contribution in [3.05, 3.63) is 46.7 Å². The number of fused-ring (bicyclic) bond motifs is 1. The summed E-state index contributed by atoms with van der Waals surface area (Å²) in [5.41, 5.74) is 3.82. The summed E-state index contributed by atoms with van der Waals surface area (Å²) in [4.78, 5) is 31.3. The van der Waals surface area contributed by atoms with Gasteiger partial charge >= 0.3 is 0 Å². The highest BCUT2D eigenvalue weighted by atomic mass is 16.1. The van der Waals surface area contributed by atoms with E-state index in [1.54, 1.807) is 12.1 Å². The van der Waals surface area contributed by atoms with Crippen LogP contribution < -0.4 is 0 Å². The summed E-state index contributed by atoms with van der Waals surface area (Å²) in [5, 5.41) is 9.13. The highest BCUT2D eigenvalue weighted by Crippen LogP contribution is 2.51. The first kappa shape index (κ1) is 18.8. The van der Waals surface area contributed by atoms with Crippen LogP contribution in [-0.4, -0.2) is 17.3 Å². The summed E-state index contributed by atoms with van der Waals surface area (Å²) >= 11 is 0. The Morgan fingerprint density at radius 2 is 1.57 bits per heavy atom. The van der Waals surface area contributed by atoms with Crippen LogP contribution in [0.25, 0.3) is 0 Å². The number of benzene rings is 1. The van der Waals surface area contributed by atoms with Crippen LogP contribution in [0.5, 0.6) is 0 Å². The number of rotatable bonds is 1. The fourth-order valence-corrected chi connectivity index (χ4v) is 5.14. The molecule has 1 fully saturated rings. The molecule has 4 heteroatoms. The Balaban J connectivity index is 1.89. The average molecular weight is 374 g/mol. The second-order valence-electron chi connectivity index (χ2n) is 10.1. The lowest BCUT2D eigenvalue weighted by Crippen LogP contribution is -2.45. The standard InChI is InChI=1S/C24H26N2O2/c1-23(2)9-16-21(18(27)11-23)20(15-7-5-14(13-25)6-8-15)22-17(26-16)10-24(3,4)12-19(22)28/h5-8,20-21H,9-12H2,1-4H3. The number of nitriles is 1. The predicted molar refractivity (Wildman–Crippen MR) is 108 cm³/mol. The molecule has 28 heavy (non-hydrogen) atoms. The molecule has 1 heterocycles. The lowest BCUT2D eigenvalue weighted by molar-refractivity contribution is -0.124. The zero-order valence-corrected chi connectivity index (χ0v) is 17.0. The third kappa shape index (κ3) is 3.13. The fraction of sp³-hybridized carbons (Fsp3) is 0.500. The minimum absolute atomic E-state index is 0.103. The molecular formula is C24H26N2O2. The Labute approximate surface area is 166 Å². The van der Waals surface area contributed by atoms with Crippen molar-refractivity contribution in [2.45, 2.75) is 59.3 Å². The molecule has 1 saturated carbocycles. The SMILES string of the molecule is CC1(C)CC(=O)C2C(=NC3=C(C(=O)CC(C)(C)C3)C2c2ccc(C#N)cc2)C1. The van der Waals surface area contributed by atoms with Crippen molar-refractivity contribution in [2.24, 2.45) is 21.7 Å². The Bertz CT molecular complexity index is 971. The summed E-state index contributed by atoms with van der Waals surface area (Å²) in [6, 6.07) is 9.49. The molecule has 1 aromatic rings. The first-order valence-electron chi connectivity index (χ1n) is 9.97. The fourth-order valence-electron chi connectivity index (χ4n) is 5.14. The zero-order chi connectivity index (χ0) is 20.3. The maximum atomic E-state index is 13.2. The molecule has 1 aromatic carbocycles. The molecule has 0 saturated heterocycles. The predicted octanol–water partition coefficient (Wildman–Crippen LogP) is 4.74. The molecule has 0 aromatic heterocycles. The van der Waals surface area contributed by atoms with E-state index in [4.69, 9.17) is 10.3 Å². The van der Waals surface area contributed by atoms with Gasteiger partial charge < -0.3 is 0 Å². The number of ketones is 2. The second kappa shape index (κ2) is 6.24.